The van der Waals surface area contributed by atoms with E-state index in [1.165, 1.54) is 0 Å². The van der Waals surface area contributed by atoms with E-state index in [0.717, 1.165) is 23.9 Å². The first-order valence-corrected chi connectivity index (χ1v) is 5.52. The Morgan fingerprint density at radius 2 is 1.87 bits per heavy atom. The van der Waals surface area contributed by atoms with Crippen LogP contribution in [0.15, 0.2) is 0 Å². The van der Waals surface area contributed by atoms with Crippen LogP contribution in [-0.2, 0) is 14.3 Å². The molecule has 0 N–H and O–H groups in total. The van der Waals surface area contributed by atoms with Crippen molar-refractivity contribution < 1.29 is 31.5 Å². The molecule has 0 atom stereocenters. The Morgan fingerprint density at radius 1 is 1.27 bits per heavy atom. The number of esters is 1. The van der Waals surface area contributed by atoms with Gasteiger partial charge in [0.05, 0.1) is 5.92 Å². The van der Waals surface area contributed by atoms with Crippen molar-refractivity contribution >= 4 is 23.0 Å². The lowest BCUT2D eigenvalue weighted by atomic mass is 10.2. The Balaban J connectivity index is 0. The van der Waals surface area contributed by atoms with Crippen molar-refractivity contribution in [1.29, 1.82) is 0 Å². The Morgan fingerprint density at radius 3 is 2.33 bits per heavy atom. The summed E-state index contributed by atoms with van der Waals surface area (Å²) in [7, 11) is 0. The maximum atomic E-state index is 10.9. The summed E-state index contributed by atoms with van der Waals surface area (Å²) in [4.78, 5) is 21.8. The molecule has 0 fully saturated rings. The van der Waals surface area contributed by atoms with Crippen LogP contribution in [0.4, 0.5) is 4.79 Å². The van der Waals surface area contributed by atoms with Crippen molar-refractivity contribution in [3.8, 4) is 0 Å². The minimum atomic E-state index is -0.400. The maximum absolute atomic E-state index is 10.9. The topological polar surface area (TPSA) is 52.6 Å². The molecule has 15 heavy (non-hydrogen) atoms. The van der Waals surface area contributed by atoms with E-state index >= 15 is 0 Å². The molecule has 0 heterocycles. The number of ether oxygens (including phenoxy) is 2. The Kier molecular flexibility index (Phi) is 11.5. The number of carbonyl (C=O) groups excluding carboxylic acids is 2. The lowest BCUT2D eigenvalue weighted by Gasteiger charge is -2.06. The number of hydrogen-bond donors (Lipinski definition) is 0. The lowest BCUT2D eigenvalue weighted by Crippen LogP contribution is -3.00. The molecular formula is C9H16ClO4S-. The minimum Gasteiger partial charge on any atom is -1.00 e. The molecule has 0 radical (unpaired) electrons. The first kappa shape index (κ1) is 17.0. The second-order valence-electron chi connectivity index (χ2n) is 2.98. The Labute approximate surface area is 100 Å². The second kappa shape index (κ2) is 10.1. The molecule has 0 spiro atoms. The fraction of sp³-hybridized carbons (Fsp3) is 0.778. The van der Waals surface area contributed by atoms with Gasteiger partial charge in [-0.25, -0.2) is 4.79 Å². The summed E-state index contributed by atoms with van der Waals surface area (Å²) < 4.78 is 9.30. The summed E-state index contributed by atoms with van der Waals surface area (Å²) in [6.07, 6.45) is 0.908. The van der Waals surface area contributed by atoms with Gasteiger partial charge in [-0.1, -0.05) is 20.8 Å². The van der Waals surface area contributed by atoms with Gasteiger partial charge in [0, 0.05) is 5.75 Å². The number of thioether (sulfide) groups is 1. The molecule has 0 aliphatic heterocycles. The van der Waals surface area contributed by atoms with Crippen molar-refractivity contribution in [2.45, 2.75) is 27.2 Å². The highest BCUT2D eigenvalue weighted by atomic mass is 35.5. The number of carbonyl (C=O) groups is 2. The quantitative estimate of drug-likeness (QED) is 0.486. The van der Waals surface area contributed by atoms with Crippen molar-refractivity contribution in [3.05, 3.63) is 0 Å². The zero-order chi connectivity index (χ0) is 11.0. The molecule has 0 amide bonds. The van der Waals surface area contributed by atoms with Crippen LogP contribution in [0.25, 0.3) is 0 Å². The zero-order valence-electron chi connectivity index (χ0n) is 9.12. The Bertz CT molecular complexity index is 197. The maximum Gasteiger partial charge on any atom is 0.370 e. The Hall–Kier alpha value is -0.420. The summed E-state index contributed by atoms with van der Waals surface area (Å²) in [5.41, 5.74) is 0. The van der Waals surface area contributed by atoms with Gasteiger partial charge in [-0.05, 0) is 18.2 Å². The monoisotopic (exact) mass is 255 g/mol. The van der Waals surface area contributed by atoms with Gasteiger partial charge < -0.3 is 21.9 Å². The van der Waals surface area contributed by atoms with Gasteiger partial charge in [0.1, 0.15) is 0 Å². The van der Waals surface area contributed by atoms with Gasteiger partial charge in [0.2, 0.25) is 6.79 Å². The molecular weight excluding hydrogens is 240 g/mol. The van der Waals surface area contributed by atoms with Gasteiger partial charge in [0.15, 0.2) is 0 Å². The van der Waals surface area contributed by atoms with Gasteiger partial charge in [-0.2, -0.15) is 0 Å². The van der Waals surface area contributed by atoms with E-state index in [-0.39, 0.29) is 31.1 Å². The molecule has 0 unspecified atom stereocenters. The first-order valence-electron chi connectivity index (χ1n) is 4.54. The van der Waals surface area contributed by atoms with E-state index in [1.807, 2.05) is 6.92 Å². The van der Waals surface area contributed by atoms with E-state index in [4.69, 9.17) is 0 Å². The average Bonchev–Trinajstić information content (AvgIpc) is 2.14. The SMILES string of the molecule is CCCSC(=O)OCOC(=O)C(C)C.[Cl-]. The molecule has 0 saturated carbocycles. The van der Waals surface area contributed by atoms with E-state index in [9.17, 15) is 9.59 Å². The number of rotatable bonds is 5. The average molecular weight is 256 g/mol. The third kappa shape index (κ3) is 9.87. The molecule has 0 aromatic heterocycles. The normalized spacial score (nSPS) is 9.33. The van der Waals surface area contributed by atoms with Gasteiger partial charge in [0.25, 0.3) is 0 Å². The number of hydrogen-bond acceptors (Lipinski definition) is 5. The van der Waals surface area contributed by atoms with Crippen molar-refractivity contribution in [1.82, 2.24) is 0 Å². The zero-order valence-corrected chi connectivity index (χ0v) is 10.7. The first-order chi connectivity index (χ1) is 6.57. The fourth-order valence-electron chi connectivity index (χ4n) is 0.529. The summed E-state index contributed by atoms with van der Waals surface area (Å²) in [6.45, 7) is 5.12. The van der Waals surface area contributed by atoms with Crippen LogP contribution in [0.3, 0.4) is 0 Å². The van der Waals surface area contributed by atoms with Crippen LogP contribution < -0.4 is 12.4 Å². The van der Waals surface area contributed by atoms with Gasteiger partial charge >= 0.3 is 11.3 Å². The molecule has 0 saturated heterocycles. The molecule has 4 nitrogen and oxygen atoms in total. The van der Waals surface area contributed by atoms with Crippen LogP contribution in [0, 0.1) is 5.92 Å². The van der Waals surface area contributed by atoms with E-state index < -0.39 is 5.30 Å². The summed E-state index contributed by atoms with van der Waals surface area (Å²) >= 11 is 1.08. The van der Waals surface area contributed by atoms with Crippen molar-refractivity contribution in [2.24, 2.45) is 5.92 Å². The molecule has 0 aromatic carbocycles. The predicted octanol–water partition coefficient (Wildman–Crippen LogP) is -0.573. The molecule has 90 valence electrons. The third-order valence-electron chi connectivity index (χ3n) is 1.27. The summed E-state index contributed by atoms with van der Waals surface area (Å²) in [5.74, 6) is 0.159. The van der Waals surface area contributed by atoms with Crippen molar-refractivity contribution in [2.75, 3.05) is 12.5 Å². The van der Waals surface area contributed by atoms with Crippen molar-refractivity contribution in [3.63, 3.8) is 0 Å². The van der Waals surface area contributed by atoms with Crippen LogP contribution in [0.2, 0.25) is 0 Å². The predicted molar refractivity (Wildman–Crippen MR) is 55.0 cm³/mol. The standard InChI is InChI=1S/C9H16O4S.ClH/c1-4-5-14-9(11)13-6-12-8(10)7(2)3;/h7H,4-6H2,1-3H3;1H/p-1. The van der Waals surface area contributed by atoms with E-state index in [2.05, 4.69) is 9.47 Å². The van der Waals surface area contributed by atoms with Crippen LogP contribution in [0.1, 0.15) is 27.2 Å². The lowest BCUT2D eigenvalue weighted by molar-refractivity contribution is -0.155. The molecule has 0 bridgehead atoms. The third-order valence-corrected chi connectivity index (χ3v) is 2.24. The van der Waals surface area contributed by atoms with Gasteiger partial charge in [-0.15, -0.1) is 0 Å². The smallest absolute Gasteiger partial charge is 0.370 e. The van der Waals surface area contributed by atoms with E-state index in [0.29, 0.717) is 0 Å². The second-order valence-corrected chi connectivity index (χ2v) is 4.01. The fourth-order valence-corrected chi connectivity index (χ4v) is 1.03. The highest BCUT2D eigenvalue weighted by Gasteiger charge is 2.09. The highest BCUT2D eigenvalue weighted by Crippen LogP contribution is 2.06. The van der Waals surface area contributed by atoms with Crippen LogP contribution in [-0.4, -0.2) is 23.8 Å². The summed E-state index contributed by atoms with van der Waals surface area (Å²) in [6, 6.07) is 0. The highest BCUT2D eigenvalue weighted by molar-refractivity contribution is 8.13. The molecule has 0 aromatic rings. The summed E-state index contributed by atoms with van der Waals surface area (Å²) in [5, 5.41) is -0.400. The largest absolute Gasteiger partial charge is 1.00 e. The van der Waals surface area contributed by atoms with Crippen LogP contribution in [0.5, 0.6) is 0 Å². The molecule has 6 heteroatoms. The molecule has 0 aliphatic carbocycles. The van der Waals surface area contributed by atoms with E-state index in [1.54, 1.807) is 13.8 Å². The van der Waals surface area contributed by atoms with Gasteiger partial charge in [-0.3, -0.25) is 4.79 Å². The number of halogens is 1. The minimum absolute atomic E-state index is 0. The molecule has 0 rings (SSSR count). The molecule has 0 aliphatic rings. The van der Waals surface area contributed by atoms with Crippen LogP contribution >= 0.6 is 11.8 Å².